The number of benzene rings is 1. The van der Waals surface area contributed by atoms with Crippen molar-refractivity contribution in [2.45, 2.75) is 19.4 Å². The predicted molar refractivity (Wildman–Crippen MR) is 81.8 cm³/mol. The summed E-state index contributed by atoms with van der Waals surface area (Å²) >= 11 is 0. The van der Waals surface area contributed by atoms with Gasteiger partial charge in [-0.3, -0.25) is 9.89 Å². The van der Waals surface area contributed by atoms with Crippen molar-refractivity contribution in [3.8, 4) is 11.3 Å². The first-order chi connectivity index (χ1) is 9.35. The lowest BCUT2D eigenvalue weighted by Gasteiger charge is -2.18. The minimum atomic E-state index is -0.477. The van der Waals surface area contributed by atoms with Crippen LogP contribution in [0.1, 0.15) is 24.3 Å². The van der Waals surface area contributed by atoms with Gasteiger partial charge < -0.3 is 11.1 Å². The molecular formula is C14H18ClFN4O. The zero-order valence-electron chi connectivity index (χ0n) is 11.8. The maximum atomic E-state index is 12.8. The van der Waals surface area contributed by atoms with Crippen molar-refractivity contribution >= 4 is 18.3 Å². The first kappa shape index (κ1) is 17.1. The second kappa shape index (κ2) is 6.69. The molecule has 1 amide bonds. The summed E-state index contributed by atoms with van der Waals surface area (Å²) in [6, 6.07) is 7.53. The first-order valence-corrected chi connectivity index (χ1v) is 6.23. The van der Waals surface area contributed by atoms with Gasteiger partial charge in [0.2, 0.25) is 0 Å². The molecule has 1 heterocycles. The van der Waals surface area contributed by atoms with Gasteiger partial charge in [-0.05, 0) is 44.2 Å². The van der Waals surface area contributed by atoms with Crippen LogP contribution in [0.25, 0.3) is 11.3 Å². The molecule has 0 radical (unpaired) electrons. The molecule has 114 valence electrons. The predicted octanol–water partition coefficient (Wildman–Crippen LogP) is 2.10. The summed E-state index contributed by atoms with van der Waals surface area (Å²) < 4.78 is 12.8. The Morgan fingerprint density at radius 1 is 1.38 bits per heavy atom. The molecule has 0 aliphatic heterocycles. The fraction of sp³-hybridized carbons (Fsp3) is 0.286. The Hall–Kier alpha value is -1.92. The number of H-pyrrole nitrogens is 1. The Balaban J connectivity index is 0.00000220. The Bertz CT molecular complexity index is 604. The van der Waals surface area contributed by atoms with Gasteiger partial charge in [-0.15, -0.1) is 12.4 Å². The molecule has 1 aromatic heterocycles. The maximum Gasteiger partial charge on any atom is 0.269 e. The van der Waals surface area contributed by atoms with Crippen LogP contribution >= 0.6 is 12.4 Å². The van der Waals surface area contributed by atoms with Crippen LogP contribution in [0.2, 0.25) is 0 Å². The normalized spacial score (nSPS) is 10.9. The molecule has 0 saturated carbocycles. The number of nitrogens with two attached hydrogens (primary N) is 1. The minimum absolute atomic E-state index is 0. The molecule has 2 rings (SSSR count). The largest absolute Gasteiger partial charge is 0.349 e. The van der Waals surface area contributed by atoms with Gasteiger partial charge >= 0.3 is 0 Å². The molecule has 0 atom stereocenters. The van der Waals surface area contributed by atoms with Gasteiger partial charge in [-0.25, -0.2) is 4.39 Å². The van der Waals surface area contributed by atoms with Gasteiger partial charge in [0.05, 0.1) is 5.69 Å². The van der Waals surface area contributed by atoms with E-state index in [0.717, 1.165) is 5.56 Å². The van der Waals surface area contributed by atoms with Crippen LogP contribution in [0, 0.1) is 5.82 Å². The standard InChI is InChI=1S/C14H17FN4O.ClH/c1-14(2,16)8-17-13(20)12-7-11(18-19-12)9-3-5-10(15)6-4-9;/h3-7H,8,16H2,1-2H3,(H,17,20)(H,18,19);1H. The highest BCUT2D eigenvalue weighted by Gasteiger charge is 2.15. The van der Waals surface area contributed by atoms with Crippen LogP contribution in [0.5, 0.6) is 0 Å². The first-order valence-electron chi connectivity index (χ1n) is 6.23. The molecule has 2 aromatic rings. The molecular weight excluding hydrogens is 295 g/mol. The van der Waals surface area contributed by atoms with Gasteiger partial charge in [0, 0.05) is 17.6 Å². The third-order valence-corrected chi connectivity index (χ3v) is 2.67. The summed E-state index contributed by atoms with van der Waals surface area (Å²) in [6.45, 7) is 4.01. The highest BCUT2D eigenvalue weighted by molar-refractivity contribution is 5.93. The minimum Gasteiger partial charge on any atom is -0.349 e. The van der Waals surface area contributed by atoms with Gasteiger partial charge in [-0.1, -0.05) is 0 Å². The number of carbonyl (C=O) groups is 1. The van der Waals surface area contributed by atoms with E-state index >= 15 is 0 Å². The number of halogens is 2. The highest BCUT2D eigenvalue weighted by Crippen LogP contribution is 2.17. The van der Waals surface area contributed by atoms with Crippen molar-refractivity contribution in [3.05, 3.63) is 41.8 Å². The van der Waals surface area contributed by atoms with E-state index in [4.69, 9.17) is 5.73 Å². The number of aromatic nitrogens is 2. The Morgan fingerprint density at radius 2 is 2.00 bits per heavy atom. The molecule has 4 N–H and O–H groups in total. The number of hydrogen-bond donors (Lipinski definition) is 3. The topological polar surface area (TPSA) is 83.8 Å². The number of nitrogens with one attached hydrogen (secondary N) is 2. The zero-order valence-corrected chi connectivity index (χ0v) is 12.6. The number of hydrogen-bond acceptors (Lipinski definition) is 3. The Kier molecular flexibility index (Phi) is 5.46. The zero-order chi connectivity index (χ0) is 14.8. The molecule has 0 spiro atoms. The van der Waals surface area contributed by atoms with E-state index in [-0.39, 0.29) is 24.1 Å². The summed E-state index contributed by atoms with van der Waals surface area (Å²) in [4.78, 5) is 11.9. The van der Waals surface area contributed by atoms with Crippen molar-refractivity contribution in [3.63, 3.8) is 0 Å². The molecule has 0 unspecified atom stereocenters. The maximum absolute atomic E-state index is 12.8. The molecule has 7 heteroatoms. The Morgan fingerprint density at radius 3 is 2.57 bits per heavy atom. The molecule has 5 nitrogen and oxygen atoms in total. The van der Waals surface area contributed by atoms with E-state index in [1.54, 1.807) is 18.2 Å². The molecule has 0 aliphatic rings. The van der Waals surface area contributed by atoms with E-state index in [1.807, 2.05) is 13.8 Å². The molecule has 1 aromatic carbocycles. The SMILES string of the molecule is CC(C)(N)CNC(=O)c1cc(-c2ccc(F)cc2)n[nH]1.Cl. The fourth-order valence-electron chi connectivity index (χ4n) is 1.61. The molecule has 0 fully saturated rings. The molecule has 21 heavy (non-hydrogen) atoms. The highest BCUT2D eigenvalue weighted by atomic mass is 35.5. The fourth-order valence-corrected chi connectivity index (χ4v) is 1.61. The monoisotopic (exact) mass is 312 g/mol. The summed E-state index contributed by atoms with van der Waals surface area (Å²) in [6.07, 6.45) is 0. The van der Waals surface area contributed by atoms with Crippen LogP contribution in [0.4, 0.5) is 4.39 Å². The van der Waals surface area contributed by atoms with Crippen LogP contribution in [0.3, 0.4) is 0 Å². The lowest BCUT2D eigenvalue weighted by molar-refractivity contribution is 0.0941. The van der Waals surface area contributed by atoms with Gasteiger partial charge in [-0.2, -0.15) is 5.10 Å². The number of rotatable bonds is 4. The van der Waals surface area contributed by atoms with Gasteiger partial charge in [0.1, 0.15) is 11.5 Å². The second-order valence-electron chi connectivity index (χ2n) is 5.35. The number of carbonyl (C=O) groups excluding carboxylic acids is 1. The van der Waals surface area contributed by atoms with E-state index in [1.165, 1.54) is 12.1 Å². The third-order valence-electron chi connectivity index (χ3n) is 2.67. The average molecular weight is 313 g/mol. The van der Waals surface area contributed by atoms with Crippen LogP contribution in [-0.4, -0.2) is 28.2 Å². The molecule has 0 saturated heterocycles. The summed E-state index contributed by atoms with van der Waals surface area (Å²) in [5.41, 5.74) is 6.98. The van der Waals surface area contributed by atoms with Crippen molar-refractivity contribution in [1.82, 2.24) is 15.5 Å². The smallest absolute Gasteiger partial charge is 0.269 e. The number of nitrogens with zero attached hydrogens (tertiary/aromatic N) is 1. The quantitative estimate of drug-likeness (QED) is 0.808. The van der Waals surface area contributed by atoms with Crippen molar-refractivity contribution in [1.29, 1.82) is 0 Å². The van der Waals surface area contributed by atoms with Crippen molar-refractivity contribution in [2.75, 3.05) is 6.54 Å². The lowest BCUT2D eigenvalue weighted by atomic mass is 10.1. The van der Waals surface area contributed by atoms with Crippen LogP contribution in [0.15, 0.2) is 30.3 Å². The summed E-state index contributed by atoms with van der Waals surface area (Å²) in [5.74, 6) is -0.586. The third kappa shape index (κ3) is 4.84. The van der Waals surface area contributed by atoms with E-state index in [0.29, 0.717) is 17.9 Å². The van der Waals surface area contributed by atoms with E-state index < -0.39 is 5.54 Å². The van der Waals surface area contributed by atoms with Gasteiger partial charge in [0.25, 0.3) is 5.91 Å². The second-order valence-corrected chi connectivity index (χ2v) is 5.35. The molecule has 0 aliphatic carbocycles. The summed E-state index contributed by atoms with van der Waals surface area (Å²) in [7, 11) is 0. The van der Waals surface area contributed by atoms with Crippen LogP contribution < -0.4 is 11.1 Å². The van der Waals surface area contributed by atoms with E-state index in [9.17, 15) is 9.18 Å². The lowest BCUT2D eigenvalue weighted by Crippen LogP contribution is -2.45. The average Bonchev–Trinajstić information content (AvgIpc) is 2.85. The Labute approximate surface area is 128 Å². The van der Waals surface area contributed by atoms with Crippen LogP contribution in [-0.2, 0) is 0 Å². The number of aromatic amines is 1. The summed E-state index contributed by atoms with van der Waals surface area (Å²) in [5, 5.41) is 9.42. The van der Waals surface area contributed by atoms with Crippen molar-refractivity contribution in [2.24, 2.45) is 5.73 Å². The van der Waals surface area contributed by atoms with Crippen molar-refractivity contribution < 1.29 is 9.18 Å². The number of amides is 1. The molecule has 0 bridgehead atoms. The van der Waals surface area contributed by atoms with E-state index in [2.05, 4.69) is 15.5 Å². The van der Waals surface area contributed by atoms with Gasteiger partial charge in [0.15, 0.2) is 0 Å².